The molecule has 15 nitrogen and oxygen atoms in total. The zero-order valence-electron chi connectivity index (χ0n) is 19.6. The lowest BCUT2D eigenvalue weighted by Gasteiger charge is -2.39. The summed E-state index contributed by atoms with van der Waals surface area (Å²) in [5.74, 6) is -6.55. The lowest BCUT2D eigenvalue weighted by Crippen LogP contribution is -2.60. The topological polar surface area (TPSA) is 254 Å². The molecule has 1 aromatic heterocycles. The second kappa shape index (κ2) is 10.8. The molecule has 1 saturated heterocycles. The molecule has 2 heterocycles. The Morgan fingerprint density at radius 2 is 1.67 bits per heavy atom. The number of aromatic hydroxyl groups is 3. The van der Waals surface area contributed by atoms with E-state index in [4.69, 9.17) is 23.7 Å². The first kappa shape index (κ1) is 27.6. The van der Waals surface area contributed by atoms with Gasteiger partial charge in [0.2, 0.25) is 12.0 Å². The molecule has 3 aromatic rings. The van der Waals surface area contributed by atoms with E-state index in [-0.39, 0.29) is 16.9 Å². The number of hydrogen-bond acceptors (Lipinski definition) is 14. The average Bonchev–Trinajstić information content (AvgIpc) is 2.87. The Bertz CT molecular complexity index is 1480. The first-order valence-electron chi connectivity index (χ1n) is 11.2. The highest BCUT2D eigenvalue weighted by Crippen LogP contribution is 2.44. The van der Waals surface area contributed by atoms with Crippen molar-refractivity contribution < 1.29 is 69.1 Å². The number of carboxylic acids is 1. The maximum atomic E-state index is 12.9. The summed E-state index contributed by atoms with van der Waals surface area (Å²) in [6.07, 6.45) is -9.90. The smallest absolute Gasteiger partial charge is 0.322 e. The number of phenols is 3. The Labute approximate surface area is 216 Å². The molecular formula is C24H22O15. The number of esters is 1. The number of aliphatic hydroxyl groups is 4. The van der Waals surface area contributed by atoms with Gasteiger partial charge >= 0.3 is 11.9 Å². The van der Waals surface area contributed by atoms with E-state index in [0.717, 1.165) is 24.3 Å². The molecule has 2 aromatic carbocycles. The van der Waals surface area contributed by atoms with Crippen LogP contribution in [-0.2, 0) is 14.3 Å². The van der Waals surface area contributed by atoms with Gasteiger partial charge in [-0.05, 0) is 18.2 Å². The zero-order chi connectivity index (χ0) is 28.6. The number of ether oxygens (including phenoxy) is 3. The van der Waals surface area contributed by atoms with Crippen LogP contribution in [0.3, 0.4) is 0 Å². The van der Waals surface area contributed by atoms with Crippen LogP contribution in [0.4, 0.5) is 0 Å². The van der Waals surface area contributed by atoms with Crippen LogP contribution >= 0.6 is 0 Å². The molecule has 1 aliphatic heterocycles. The number of fused-ring (bicyclic) bond motifs is 1. The summed E-state index contributed by atoms with van der Waals surface area (Å²) in [4.78, 5) is 35.9. The van der Waals surface area contributed by atoms with E-state index in [2.05, 4.69) is 0 Å². The van der Waals surface area contributed by atoms with Gasteiger partial charge in [0.25, 0.3) is 0 Å². The van der Waals surface area contributed by atoms with E-state index in [0.29, 0.717) is 0 Å². The lowest BCUT2D eigenvalue weighted by molar-refractivity contribution is -0.277. The van der Waals surface area contributed by atoms with Crippen molar-refractivity contribution >= 4 is 22.9 Å². The van der Waals surface area contributed by atoms with Crippen molar-refractivity contribution in [3.63, 3.8) is 0 Å². The highest BCUT2D eigenvalue weighted by molar-refractivity contribution is 5.94. The van der Waals surface area contributed by atoms with Crippen molar-refractivity contribution in [1.82, 2.24) is 0 Å². The highest BCUT2D eigenvalue weighted by atomic mass is 16.7. The summed E-state index contributed by atoms with van der Waals surface area (Å²) in [5, 5.41) is 78.3. The summed E-state index contributed by atoms with van der Waals surface area (Å²) < 4.78 is 21.4. The standard InChI is InChI=1S/C24H22O15/c25-7-15-19(32)21(34)22(35)24(38-15)37-14-5-13-18(20(33)23(14)39-17(31)6-16(29)30)11(28)4-12(36-13)8-1-2-9(26)10(27)3-8/h1-5,15,19,21-22,24-27,32-35H,6-7H2,(H,29,30). The van der Waals surface area contributed by atoms with E-state index in [1.165, 1.54) is 6.07 Å². The Hall–Kier alpha value is -4.41. The maximum absolute atomic E-state index is 12.9. The number of carboxylic acid groups (broad SMARTS) is 1. The quantitative estimate of drug-likeness (QED) is 0.0770. The Balaban J connectivity index is 1.85. The van der Waals surface area contributed by atoms with E-state index < -0.39 is 95.2 Å². The number of phenolic OH excluding ortho intramolecular Hbond substituents is 3. The molecule has 0 saturated carbocycles. The maximum Gasteiger partial charge on any atom is 0.322 e. The lowest BCUT2D eigenvalue weighted by atomic mass is 9.99. The molecule has 5 unspecified atom stereocenters. The van der Waals surface area contributed by atoms with Gasteiger partial charge in [-0.1, -0.05) is 0 Å². The molecule has 0 aliphatic carbocycles. The van der Waals surface area contributed by atoms with Crippen LogP contribution in [-0.4, -0.2) is 90.1 Å². The van der Waals surface area contributed by atoms with Gasteiger partial charge in [0.15, 0.2) is 28.4 Å². The number of hydrogen-bond donors (Lipinski definition) is 8. The Kier molecular flexibility index (Phi) is 7.62. The molecular weight excluding hydrogens is 528 g/mol. The fourth-order valence-electron chi connectivity index (χ4n) is 3.83. The number of aliphatic carboxylic acids is 1. The largest absolute Gasteiger partial charge is 0.504 e. The van der Waals surface area contributed by atoms with Crippen molar-refractivity contribution in [2.75, 3.05) is 6.61 Å². The monoisotopic (exact) mass is 550 g/mol. The van der Waals surface area contributed by atoms with Gasteiger partial charge < -0.3 is 59.5 Å². The molecule has 0 radical (unpaired) electrons. The van der Waals surface area contributed by atoms with Gasteiger partial charge in [0.05, 0.1) is 6.61 Å². The third kappa shape index (κ3) is 5.43. The summed E-state index contributed by atoms with van der Waals surface area (Å²) in [6.45, 7) is -0.800. The summed E-state index contributed by atoms with van der Waals surface area (Å²) >= 11 is 0. The number of aliphatic hydroxyl groups excluding tert-OH is 4. The number of carbonyl (C=O) groups is 2. The molecule has 1 fully saturated rings. The van der Waals surface area contributed by atoms with Gasteiger partial charge in [-0.15, -0.1) is 0 Å². The number of benzene rings is 2. The number of rotatable bonds is 7. The molecule has 0 amide bonds. The van der Waals surface area contributed by atoms with Crippen molar-refractivity contribution in [3.05, 3.63) is 40.6 Å². The predicted octanol–water partition coefficient (Wildman–Crippen LogP) is -0.864. The van der Waals surface area contributed by atoms with Crippen LogP contribution in [0.2, 0.25) is 0 Å². The first-order valence-corrected chi connectivity index (χ1v) is 11.2. The fraction of sp³-hybridized carbons (Fsp3) is 0.292. The molecule has 0 bridgehead atoms. The first-order chi connectivity index (χ1) is 18.4. The predicted molar refractivity (Wildman–Crippen MR) is 125 cm³/mol. The van der Waals surface area contributed by atoms with E-state index in [1.807, 2.05) is 0 Å². The minimum Gasteiger partial charge on any atom is -0.504 e. The van der Waals surface area contributed by atoms with E-state index >= 15 is 0 Å². The SMILES string of the molecule is O=C(O)CC(=O)Oc1c(OC2OC(CO)C(O)C(O)C2O)cc2oc(-c3ccc(O)c(O)c3)cc(=O)c2c1O. The molecule has 4 rings (SSSR count). The molecule has 1 aliphatic rings. The molecule has 39 heavy (non-hydrogen) atoms. The minimum atomic E-state index is -1.93. The van der Waals surface area contributed by atoms with E-state index in [9.17, 15) is 50.1 Å². The molecule has 15 heteroatoms. The van der Waals surface area contributed by atoms with Crippen molar-refractivity contribution in [2.24, 2.45) is 0 Å². The zero-order valence-corrected chi connectivity index (χ0v) is 19.6. The third-order valence-corrected chi connectivity index (χ3v) is 5.78. The van der Waals surface area contributed by atoms with Crippen LogP contribution in [0.1, 0.15) is 6.42 Å². The van der Waals surface area contributed by atoms with Crippen molar-refractivity contribution in [3.8, 4) is 40.1 Å². The van der Waals surface area contributed by atoms with Gasteiger partial charge in [-0.25, -0.2) is 0 Å². The second-order valence-electron chi connectivity index (χ2n) is 8.46. The van der Waals surface area contributed by atoms with Crippen LogP contribution < -0.4 is 14.9 Å². The fourth-order valence-corrected chi connectivity index (χ4v) is 3.83. The van der Waals surface area contributed by atoms with Crippen LogP contribution in [0.15, 0.2) is 39.5 Å². The van der Waals surface area contributed by atoms with Crippen molar-refractivity contribution in [2.45, 2.75) is 37.1 Å². The normalized spacial score (nSPS) is 22.9. The molecule has 0 spiro atoms. The Morgan fingerprint density at radius 3 is 2.31 bits per heavy atom. The van der Waals surface area contributed by atoms with Gasteiger partial charge in [0.1, 0.15) is 47.6 Å². The van der Waals surface area contributed by atoms with Gasteiger partial charge in [0, 0.05) is 17.7 Å². The van der Waals surface area contributed by atoms with Crippen LogP contribution in [0.5, 0.6) is 28.7 Å². The minimum absolute atomic E-state index is 0.136. The second-order valence-corrected chi connectivity index (χ2v) is 8.46. The summed E-state index contributed by atoms with van der Waals surface area (Å²) in [6, 6.07) is 5.39. The average molecular weight is 550 g/mol. The van der Waals surface area contributed by atoms with E-state index in [1.54, 1.807) is 0 Å². The highest BCUT2D eigenvalue weighted by Gasteiger charge is 2.45. The molecule has 5 atom stereocenters. The van der Waals surface area contributed by atoms with Crippen LogP contribution in [0.25, 0.3) is 22.3 Å². The van der Waals surface area contributed by atoms with Crippen molar-refractivity contribution in [1.29, 1.82) is 0 Å². The van der Waals surface area contributed by atoms with Gasteiger partial charge in [-0.3, -0.25) is 14.4 Å². The van der Waals surface area contributed by atoms with Crippen LogP contribution in [0, 0.1) is 0 Å². The Morgan fingerprint density at radius 1 is 0.949 bits per heavy atom. The number of carbonyl (C=O) groups excluding carboxylic acids is 1. The summed E-state index contributed by atoms with van der Waals surface area (Å²) in [7, 11) is 0. The molecule has 208 valence electrons. The summed E-state index contributed by atoms with van der Waals surface area (Å²) in [5.41, 5.74) is -1.11. The van der Waals surface area contributed by atoms with Gasteiger partial charge in [-0.2, -0.15) is 0 Å². The molecule has 8 N–H and O–H groups in total. The third-order valence-electron chi connectivity index (χ3n) is 5.78.